The number of rotatable bonds is 7. The molecule has 0 N–H and O–H groups in total. The Morgan fingerprint density at radius 1 is 1.10 bits per heavy atom. The highest BCUT2D eigenvalue weighted by molar-refractivity contribution is 8.26. The Hall–Kier alpha value is -3.37. The summed E-state index contributed by atoms with van der Waals surface area (Å²) < 4.78 is 12.8. The minimum atomic E-state index is -0.197. The summed E-state index contributed by atoms with van der Waals surface area (Å²) in [6.45, 7) is 6.25. The number of hydrogen-bond donors (Lipinski definition) is 0. The zero-order valence-electron chi connectivity index (χ0n) is 22.6. The number of aromatic nitrogens is 2. The minimum Gasteiger partial charge on any atom is -0.493 e. The lowest BCUT2D eigenvalue weighted by Crippen LogP contribution is -2.36. The van der Waals surface area contributed by atoms with Crippen LogP contribution in [0.15, 0.2) is 46.2 Å². The van der Waals surface area contributed by atoms with Gasteiger partial charge in [0.25, 0.3) is 11.5 Å². The number of fused-ring (bicyclic) bond motifs is 1. The van der Waals surface area contributed by atoms with E-state index in [0.29, 0.717) is 56.6 Å². The first kappa shape index (κ1) is 27.2. The van der Waals surface area contributed by atoms with Gasteiger partial charge in [-0.2, -0.15) is 0 Å². The molecular weight excluding hydrogens is 532 g/mol. The van der Waals surface area contributed by atoms with Gasteiger partial charge in [0.15, 0.2) is 11.5 Å². The number of pyridine rings is 1. The molecule has 0 spiro atoms. The second kappa shape index (κ2) is 11.4. The van der Waals surface area contributed by atoms with E-state index in [1.54, 1.807) is 35.8 Å². The molecule has 0 saturated carbocycles. The molecule has 2 aliphatic heterocycles. The number of thiocarbonyl (C=S) groups is 1. The molecule has 2 aromatic heterocycles. The monoisotopic (exact) mass is 564 g/mol. The Balaban J connectivity index is 1.46. The predicted octanol–water partition coefficient (Wildman–Crippen LogP) is 4.70. The zero-order valence-corrected chi connectivity index (χ0v) is 24.2. The van der Waals surface area contributed by atoms with E-state index in [0.717, 1.165) is 37.1 Å². The van der Waals surface area contributed by atoms with Crippen molar-refractivity contribution in [2.45, 2.75) is 33.1 Å². The molecule has 204 valence electrons. The van der Waals surface area contributed by atoms with Crippen molar-refractivity contribution in [3.63, 3.8) is 0 Å². The molecule has 4 heterocycles. The average molecular weight is 565 g/mol. The first-order valence-electron chi connectivity index (χ1n) is 13.0. The topological polar surface area (TPSA) is 76.4 Å². The number of carbonyl (C=O) groups excluding carboxylic acids is 1. The van der Waals surface area contributed by atoms with Gasteiger partial charge < -0.3 is 14.4 Å². The normalized spacial score (nSPS) is 17.5. The summed E-state index contributed by atoms with van der Waals surface area (Å²) in [5, 5.41) is 0. The van der Waals surface area contributed by atoms with Crippen molar-refractivity contribution in [1.82, 2.24) is 14.3 Å². The Kier molecular flexibility index (Phi) is 7.95. The van der Waals surface area contributed by atoms with Gasteiger partial charge in [-0.15, -0.1) is 0 Å². The number of anilines is 1. The number of thioether (sulfide) groups is 1. The molecule has 5 rings (SSSR count). The highest BCUT2D eigenvalue weighted by atomic mass is 32.2. The van der Waals surface area contributed by atoms with Crippen LogP contribution in [0.3, 0.4) is 0 Å². The van der Waals surface area contributed by atoms with E-state index < -0.39 is 0 Å². The Labute approximate surface area is 237 Å². The maximum Gasteiger partial charge on any atom is 0.267 e. The molecule has 3 aromatic rings. The van der Waals surface area contributed by atoms with Gasteiger partial charge in [-0.05, 0) is 67.5 Å². The van der Waals surface area contributed by atoms with Crippen molar-refractivity contribution in [2.24, 2.45) is 5.92 Å². The van der Waals surface area contributed by atoms with Gasteiger partial charge in [0.2, 0.25) is 0 Å². The Morgan fingerprint density at radius 3 is 2.56 bits per heavy atom. The quantitative estimate of drug-likeness (QED) is 0.302. The second-order valence-corrected chi connectivity index (χ2v) is 11.7. The third kappa shape index (κ3) is 5.53. The van der Waals surface area contributed by atoms with E-state index >= 15 is 0 Å². The SMILES string of the molecule is COc1ccc(CCN2C(=O)C(=Cc3c(N4CCC(C)CC4)nc4ccc(C)cn4c3=O)SC2=S)cc1OC. The number of piperidine rings is 1. The first-order chi connectivity index (χ1) is 18.8. The lowest BCUT2D eigenvalue weighted by atomic mass is 9.99. The largest absolute Gasteiger partial charge is 0.493 e. The van der Waals surface area contributed by atoms with Crippen molar-refractivity contribution < 1.29 is 14.3 Å². The van der Waals surface area contributed by atoms with Crippen molar-refractivity contribution in [1.29, 1.82) is 0 Å². The third-order valence-electron chi connectivity index (χ3n) is 7.29. The summed E-state index contributed by atoms with van der Waals surface area (Å²) in [5.74, 6) is 2.36. The summed E-state index contributed by atoms with van der Waals surface area (Å²) in [6.07, 6.45) is 6.14. The van der Waals surface area contributed by atoms with Crippen LogP contribution in [0.25, 0.3) is 11.7 Å². The lowest BCUT2D eigenvalue weighted by Gasteiger charge is -2.32. The maximum absolute atomic E-state index is 13.8. The standard InChI is InChI=1S/C29H32N4O4S2/c1-18-9-12-31(13-10-18)26-21(27(34)33-17-19(2)5-8-25(33)30-26)16-24-28(35)32(29(38)39-24)14-11-20-6-7-22(36-3)23(15-20)37-4/h5-8,15-18H,9-14H2,1-4H3. The Morgan fingerprint density at radius 2 is 1.85 bits per heavy atom. The van der Waals surface area contributed by atoms with E-state index in [1.165, 1.54) is 11.8 Å². The lowest BCUT2D eigenvalue weighted by molar-refractivity contribution is -0.122. The van der Waals surface area contributed by atoms with Crippen LogP contribution in [0.5, 0.6) is 11.5 Å². The van der Waals surface area contributed by atoms with Crippen LogP contribution < -0.4 is 19.9 Å². The molecule has 0 bridgehead atoms. The van der Waals surface area contributed by atoms with E-state index in [-0.39, 0.29) is 11.5 Å². The van der Waals surface area contributed by atoms with Crippen molar-refractivity contribution in [3.05, 3.63) is 68.5 Å². The van der Waals surface area contributed by atoms with Crippen molar-refractivity contribution in [3.8, 4) is 11.5 Å². The summed E-state index contributed by atoms with van der Waals surface area (Å²) in [6, 6.07) is 9.52. The van der Waals surface area contributed by atoms with E-state index in [9.17, 15) is 9.59 Å². The first-order valence-corrected chi connectivity index (χ1v) is 14.3. The van der Waals surface area contributed by atoms with Crippen LogP contribution in [-0.2, 0) is 11.2 Å². The van der Waals surface area contributed by atoms with Crippen LogP contribution in [0.1, 0.15) is 36.5 Å². The van der Waals surface area contributed by atoms with Gasteiger partial charge in [-0.25, -0.2) is 4.98 Å². The zero-order chi connectivity index (χ0) is 27.7. The number of hydrogen-bond acceptors (Lipinski definition) is 8. The summed E-state index contributed by atoms with van der Waals surface area (Å²) in [4.78, 5) is 36.3. The molecule has 2 aliphatic rings. The number of benzene rings is 1. The fraction of sp³-hybridized carbons (Fsp3) is 0.379. The molecule has 0 atom stereocenters. The number of carbonyl (C=O) groups is 1. The number of ether oxygens (including phenoxy) is 2. The molecule has 2 fully saturated rings. The molecule has 0 radical (unpaired) electrons. The molecule has 0 unspecified atom stereocenters. The molecule has 1 amide bonds. The van der Waals surface area contributed by atoms with Gasteiger partial charge in [0, 0.05) is 25.8 Å². The van der Waals surface area contributed by atoms with E-state index in [4.69, 9.17) is 26.7 Å². The molecule has 0 aliphatic carbocycles. The highest BCUT2D eigenvalue weighted by Gasteiger charge is 2.33. The van der Waals surface area contributed by atoms with Crippen molar-refractivity contribution >= 4 is 51.7 Å². The molecule has 10 heteroatoms. The van der Waals surface area contributed by atoms with Gasteiger partial charge in [-0.1, -0.05) is 43.0 Å². The minimum absolute atomic E-state index is 0.187. The van der Waals surface area contributed by atoms with Gasteiger partial charge >= 0.3 is 0 Å². The molecular formula is C29H32N4O4S2. The fourth-order valence-corrected chi connectivity index (χ4v) is 6.23. The van der Waals surface area contributed by atoms with Gasteiger partial charge in [0.05, 0.1) is 24.7 Å². The number of aryl methyl sites for hydroxylation is 1. The smallest absolute Gasteiger partial charge is 0.267 e. The number of methoxy groups -OCH3 is 2. The fourth-order valence-electron chi connectivity index (χ4n) is 4.94. The molecule has 1 aromatic carbocycles. The summed E-state index contributed by atoms with van der Waals surface area (Å²) in [5.41, 5.74) is 2.79. The van der Waals surface area contributed by atoms with Crippen LogP contribution in [0, 0.1) is 12.8 Å². The summed E-state index contributed by atoms with van der Waals surface area (Å²) >= 11 is 6.81. The van der Waals surface area contributed by atoms with Crippen LogP contribution in [0.4, 0.5) is 5.82 Å². The highest BCUT2D eigenvalue weighted by Crippen LogP contribution is 2.35. The maximum atomic E-state index is 13.8. The van der Waals surface area contributed by atoms with Crippen LogP contribution in [0.2, 0.25) is 0 Å². The predicted molar refractivity (Wildman–Crippen MR) is 160 cm³/mol. The molecule has 2 saturated heterocycles. The number of amides is 1. The summed E-state index contributed by atoms with van der Waals surface area (Å²) in [7, 11) is 3.19. The average Bonchev–Trinajstić information content (AvgIpc) is 3.21. The molecule has 8 nitrogen and oxygen atoms in total. The number of nitrogens with zero attached hydrogens (tertiary/aromatic N) is 4. The molecule has 39 heavy (non-hydrogen) atoms. The van der Waals surface area contributed by atoms with Gasteiger partial charge in [0.1, 0.15) is 15.8 Å². The van der Waals surface area contributed by atoms with E-state index in [1.807, 2.05) is 37.3 Å². The van der Waals surface area contributed by atoms with E-state index in [2.05, 4.69) is 11.8 Å². The Bertz CT molecular complexity index is 1530. The second-order valence-electron chi connectivity index (χ2n) is 10.0. The third-order valence-corrected chi connectivity index (χ3v) is 8.67. The van der Waals surface area contributed by atoms with Crippen molar-refractivity contribution in [2.75, 3.05) is 38.8 Å². The van der Waals surface area contributed by atoms with Crippen LogP contribution >= 0.6 is 24.0 Å². The van der Waals surface area contributed by atoms with Gasteiger partial charge in [-0.3, -0.25) is 18.9 Å². The van der Waals surface area contributed by atoms with Crippen LogP contribution in [-0.4, -0.2) is 58.4 Å².